The van der Waals surface area contributed by atoms with Crippen molar-refractivity contribution in [2.45, 2.75) is 39.0 Å². The second-order valence-electron chi connectivity index (χ2n) is 7.63. The third-order valence-corrected chi connectivity index (χ3v) is 5.31. The number of nitrogens with one attached hydrogen (secondary N) is 2. The first-order valence-corrected chi connectivity index (χ1v) is 10.2. The molecule has 29 heavy (non-hydrogen) atoms. The number of benzene rings is 1. The largest absolute Gasteiger partial charge is 0.354 e. The average Bonchev–Trinajstić information content (AvgIpc) is 3.03. The van der Waals surface area contributed by atoms with E-state index in [1.165, 1.54) is 4.90 Å². The molecule has 0 atom stereocenters. The van der Waals surface area contributed by atoms with Gasteiger partial charge < -0.3 is 20.4 Å². The summed E-state index contributed by atoms with van der Waals surface area (Å²) in [5, 5.41) is 5.59. The van der Waals surface area contributed by atoms with Crippen molar-refractivity contribution in [3.8, 4) is 0 Å². The Bertz CT molecular complexity index is 808. The maximum atomic E-state index is 12.8. The van der Waals surface area contributed by atoms with E-state index in [1.54, 1.807) is 23.1 Å². The number of carbonyl (C=O) groups excluding carboxylic acids is 4. The Morgan fingerprint density at radius 2 is 1.93 bits per heavy atom. The molecule has 156 valence electrons. The monoisotopic (exact) mass is 400 g/mol. The Morgan fingerprint density at radius 3 is 2.76 bits per heavy atom. The molecule has 1 aromatic carbocycles. The first-order chi connectivity index (χ1) is 13.9. The SMILES string of the molecule is Cc1ccc(C(=O)N2CCCNC(=O)C2)cc1NC(=O)CN1CCCCCC1=O. The third kappa shape index (κ3) is 5.56. The van der Waals surface area contributed by atoms with E-state index in [2.05, 4.69) is 10.6 Å². The zero-order valence-corrected chi connectivity index (χ0v) is 16.8. The highest BCUT2D eigenvalue weighted by molar-refractivity contribution is 6.00. The summed E-state index contributed by atoms with van der Waals surface area (Å²) in [5.41, 5.74) is 1.79. The highest BCUT2D eigenvalue weighted by atomic mass is 16.2. The van der Waals surface area contributed by atoms with Gasteiger partial charge in [0.25, 0.3) is 5.91 Å². The van der Waals surface area contributed by atoms with Crippen molar-refractivity contribution in [2.24, 2.45) is 0 Å². The summed E-state index contributed by atoms with van der Waals surface area (Å²) in [6.07, 6.45) is 3.97. The number of nitrogens with zero attached hydrogens (tertiary/aromatic N) is 2. The minimum atomic E-state index is -0.276. The number of amides is 4. The topological polar surface area (TPSA) is 98.8 Å². The molecule has 0 unspecified atom stereocenters. The van der Waals surface area contributed by atoms with Crippen molar-refractivity contribution >= 4 is 29.3 Å². The van der Waals surface area contributed by atoms with Crippen LogP contribution in [-0.2, 0) is 14.4 Å². The molecular formula is C21H28N4O4. The van der Waals surface area contributed by atoms with E-state index in [0.717, 1.165) is 24.8 Å². The van der Waals surface area contributed by atoms with Crippen LogP contribution in [0.15, 0.2) is 18.2 Å². The van der Waals surface area contributed by atoms with E-state index in [1.807, 2.05) is 6.92 Å². The molecular weight excluding hydrogens is 372 g/mol. The molecule has 3 rings (SSSR count). The smallest absolute Gasteiger partial charge is 0.254 e. The molecule has 0 saturated carbocycles. The van der Waals surface area contributed by atoms with Crippen molar-refractivity contribution in [3.05, 3.63) is 29.3 Å². The molecule has 2 N–H and O–H groups in total. The predicted molar refractivity (Wildman–Crippen MR) is 108 cm³/mol. The van der Waals surface area contributed by atoms with Crippen LogP contribution in [0.1, 0.15) is 48.0 Å². The molecule has 0 aliphatic carbocycles. The maximum Gasteiger partial charge on any atom is 0.254 e. The van der Waals surface area contributed by atoms with Gasteiger partial charge in [0.15, 0.2) is 0 Å². The van der Waals surface area contributed by atoms with Gasteiger partial charge in [-0.05, 0) is 43.9 Å². The van der Waals surface area contributed by atoms with Gasteiger partial charge in [-0.1, -0.05) is 12.5 Å². The molecule has 8 heteroatoms. The van der Waals surface area contributed by atoms with Crippen LogP contribution in [-0.4, -0.2) is 66.2 Å². The molecule has 0 spiro atoms. The number of hydrogen-bond acceptors (Lipinski definition) is 4. The number of anilines is 1. The van der Waals surface area contributed by atoms with Crippen LogP contribution in [0.4, 0.5) is 5.69 Å². The zero-order chi connectivity index (χ0) is 20.8. The van der Waals surface area contributed by atoms with Crippen molar-refractivity contribution in [1.82, 2.24) is 15.1 Å². The highest BCUT2D eigenvalue weighted by Crippen LogP contribution is 2.19. The van der Waals surface area contributed by atoms with Gasteiger partial charge in [-0.2, -0.15) is 0 Å². The fourth-order valence-electron chi connectivity index (χ4n) is 3.62. The van der Waals surface area contributed by atoms with Gasteiger partial charge in [-0.3, -0.25) is 19.2 Å². The van der Waals surface area contributed by atoms with Crippen molar-refractivity contribution < 1.29 is 19.2 Å². The zero-order valence-electron chi connectivity index (χ0n) is 16.8. The summed E-state index contributed by atoms with van der Waals surface area (Å²) >= 11 is 0. The van der Waals surface area contributed by atoms with E-state index in [4.69, 9.17) is 0 Å². The van der Waals surface area contributed by atoms with Crippen molar-refractivity contribution in [3.63, 3.8) is 0 Å². The van der Waals surface area contributed by atoms with Crippen LogP contribution < -0.4 is 10.6 Å². The molecule has 1 aromatic rings. The van der Waals surface area contributed by atoms with Crippen molar-refractivity contribution in [2.75, 3.05) is 38.0 Å². The lowest BCUT2D eigenvalue weighted by atomic mass is 10.1. The van der Waals surface area contributed by atoms with E-state index < -0.39 is 0 Å². The molecule has 0 aromatic heterocycles. The van der Waals surface area contributed by atoms with Gasteiger partial charge >= 0.3 is 0 Å². The first-order valence-electron chi connectivity index (χ1n) is 10.2. The molecule has 2 saturated heterocycles. The van der Waals surface area contributed by atoms with E-state index in [0.29, 0.717) is 43.7 Å². The van der Waals surface area contributed by atoms with Gasteiger partial charge in [0.2, 0.25) is 17.7 Å². The van der Waals surface area contributed by atoms with Gasteiger partial charge in [-0.15, -0.1) is 0 Å². The minimum Gasteiger partial charge on any atom is -0.354 e. The standard InChI is InChI=1S/C21H28N4O4/c1-15-7-8-16(21(29)25-11-5-9-22-18(26)13-25)12-17(15)23-19(27)14-24-10-4-2-3-6-20(24)28/h7-8,12H,2-6,9-11,13-14H2,1H3,(H,22,26)(H,23,27). The highest BCUT2D eigenvalue weighted by Gasteiger charge is 2.23. The lowest BCUT2D eigenvalue weighted by Gasteiger charge is -2.21. The molecule has 4 amide bonds. The Hall–Kier alpha value is -2.90. The summed E-state index contributed by atoms with van der Waals surface area (Å²) in [6, 6.07) is 5.12. The number of carbonyl (C=O) groups is 4. The van der Waals surface area contributed by atoms with Crippen LogP contribution in [0.5, 0.6) is 0 Å². The van der Waals surface area contributed by atoms with Crippen LogP contribution in [0.2, 0.25) is 0 Å². The van der Waals surface area contributed by atoms with Crippen LogP contribution >= 0.6 is 0 Å². The Balaban J connectivity index is 1.68. The van der Waals surface area contributed by atoms with Gasteiger partial charge in [0.1, 0.15) is 0 Å². The summed E-state index contributed by atoms with van der Waals surface area (Å²) in [6.45, 7) is 3.56. The second kappa shape index (κ2) is 9.54. The predicted octanol–water partition coefficient (Wildman–Crippen LogP) is 1.30. The molecule has 2 aliphatic heterocycles. The first kappa shape index (κ1) is 20.8. The molecule has 2 heterocycles. The van der Waals surface area contributed by atoms with Crippen LogP contribution in [0.25, 0.3) is 0 Å². The summed E-state index contributed by atoms with van der Waals surface area (Å²) in [7, 11) is 0. The average molecular weight is 400 g/mol. The number of rotatable bonds is 4. The molecule has 2 aliphatic rings. The molecule has 2 fully saturated rings. The fourth-order valence-corrected chi connectivity index (χ4v) is 3.62. The Labute approximate surface area is 170 Å². The van der Waals surface area contributed by atoms with Gasteiger partial charge in [-0.25, -0.2) is 0 Å². The summed E-state index contributed by atoms with van der Waals surface area (Å²) < 4.78 is 0. The lowest BCUT2D eigenvalue weighted by Crippen LogP contribution is -2.38. The normalized spacial score (nSPS) is 18.0. The van der Waals surface area contributed by atoms with Gasteiger partial charge in [0, 0.05) is 37.3 Å². The quantitative estimate of drug-likeness (QED) is 0.796. The maximum absolute atomic E-state index is 12.8. The minimum absolute atomic E-state index is 0.0118. The Kier molecular flexibility index (Phi) is 6.85. The molecule has 8 nitrogen and oxygen atoms in total. The third-order valence-electron chi connectivity index (χ3n) is 5.31. The van der Waals surface area contributed by atoms with Crippen LogP contribution in [0, 0.1) is 6.92 Å². The van der Waals surface area contributed by atoms with Gasteiger partial charge in [0.05, 0.1) is 13.1 Å². The summed E-state index contributed by atoms with van der Waals surface area (Å²) in [4.78, 5) is 52.3. The number of hydrogen-bond donors (Lipinski definition) is 2. The lowest BCUT2D eigenvalue weighted by molar-refractivity contribution is -0.134. The Morgan fingerprint density at radius 1 is 1.10 bits per heavy atom. The van der Waals surface area contributed by atoms with Crippen molar-refractivity contribution in [1.29, 1.82) is 0 Å². The number of likely N-dealkylation sites (tertiary alicyclic amines) is 1. The summed E-state index contributed by atoms with van der Waals surface area (Å²) in [5.74, 6) is -0.668. The van der Waals surface area contributed by atoms with E-state index in [9.17, 15) is 19.2 Å². The fraction of sp³-hybridized carbons (Fsp3) is 0.524. The van der Waals surface area contributed by atoms with E-state index >= 15 is 0 Å². The van der Waals surface area contributed by atoms with E-state index in [-0.39, 0.29) is 36.7 Å². The van der Waals surface area contributed by atoms with Crippen LogP contribution in [0.3, 0.4) is 0 Å². The second-order valence-corrected chi connectivity index (χ2v) is 7.63. The number of aryl methyl sites for hydroxylation is 1. The molecule has 0 bridgehead atoms. The molecule has 0 radical (unpaired) electrons.